The lowest BCUT2D eigenvalue weighted by molar-refractivity contribution is -0.884. The van der Waals surface area contributed by atoms with Gasteiger partial charge in [0.2, 0.25) is 0 Å². The van der Waals surface area contributed by atoms with Crippen LogP contribution in [0.25, 0.3) is 0 Å². The van der Waals surface area contributed by atoms with Gasteiger partial charge in [0.1, 0.15) is 18.0 Å². The predicted molar refractivity (Wildman–Crippen MR) is 74.4 cm³/mol. The number of halogens is 1. The Morgan fingerprint density at radius 3 is 2.30 bits per heavy atom. The summed E-state index contributed by atoms with van der Waals surface area (Å²) in [6.45, 7) is 0.743. The van der Waals surface area contributed by atoms with E-state index < -0.39 is 0 Å². The minimum absolute atomic E-state index is 0. The molecule has 0 aliphatic rings. The van der Waals surface area contributed by atoms with E-state index in [1.54, 1.807) is 33.3 Å². The van der Waals surface area contributed by atoms with Crippen molar-refractivity contribution in [3.63, 3.8) is 0 Å². The van der Waals surface area contributed by atoms with Crippen LogP contribution >= 0.6 is 0 Å². The summed E-state index contributed by atoms with van der Waals surface area (Å²) in [6, 6.07) is 5.46. The molecule has 0 aliphatic heterocycles. The van der Waals surface area contributed by atoms with Crippen LogP contribution in [-0.4, -0.2) is 57.8 Å². The number of rotatable bonds is 4. The molecular weight excluding hydrogens is 371 g/mol. The second-order valence-corrected chi connectivity index (χ2v) is 5.68. The van der Waals surface area contributed by atoms with E-state index in [0.29, 0.717) is 5.75 Å². The third kappa shape index (κ3) is 5.96. The first-order valence-electron chi connectivity index (χ1n) is 6.09. The molecule has 0 N–H and O–H groups in total. The van der Waals surface area contributed by atoms with Crippen molar-refractivity contribution in [1.82, 2.24) is 4.90 Å². The van der Waals surface area contributed by atoms with E-state index in [4.69, 9.17) is 9.47 Å². The van der Waals surface area contributed by atoms with E-state index in [1.807, 2.05) is 6.07 Å². The van der Waals surface area contributed by atoms with E-state index in [0.717, 1.165) is 22.3 Å². The molecule has 20 heavy (non-hydrogen) atoms. The van der Waals surface area contributed by atoms with Crippen molar-refractivity contribution < 1.29 is 42.7 Å². The zero-order valence-electron chi connectivity index (χ0n) is 12.9. The van der Waals surface area contributed by atoms with Crippen molar-refractivity contribution in [1.29, 1.82) is 0 Å². The summed E-state index contributed by atoms with van der Waals surface area (Å²) in [4.78, 5) is 13.1. The molecule has 0 unspecified atom stereocenters. The van der Waals surface area contributed by atoms with Crippen LogP contribution in [0, 0.1) is 0 Å². The number of amides is 1. The number of benzene rings is 1. The molecule has 1 amide bonds. The van der Waals surface area contributed by atoms with E-state index in [-0.39, 0.29) is 30.1 Å². The van der Waals surface area contributed by atoms with Crippen LogP contribution in [0.3, 0.4) is 0 Å². The summed E-state index contributed by atoms with van der Waals surface area (Å²) in [5.74, 6) is 1.33. The van der Waals surface area contributed by atoms with Gasteiger partial charge >= 0.3 is 6.09 Å². The molecule has 1 aromatic carbocycles. The van der Waals surface area contributed by atoms with Crippen molar-refractivity contribution >= 4 is 6.09 Å². The highest BCUT2D eigenvalue weighted by Crippen LogP contribution is 2.26. The molecule has 0 saturated heterocycles. The quantitative estimate of drug-likeness (QED) is 0.484. The van der Waals surface area contributed by atoms with Gasteiger partial charge in [0.15, 0.2) is 0 Å². The summed E-state index contributed by atoms with van der Waals surface area (Å²) >= 11 is 0. The van der Waals surface area contributed by atoms with Crippen molar-refractivity contribution in [3.05, 3.63) is 23.8 Å². The van der Waals surface area contributed by atoms with Gasteiger partial charge in [0, 0.05) is 14.1 Å². The monoisotopic (exact) mass is 394 g/mol. The molecule has 0 aliphatic carbocycles. The van der Waals surface area contributed by atoms with E-state index in [9.17, 15) is 4.79 Å². The lowest BCUT2D eigenvalue weighted by Crippen LogP contribution is -3.00. The number of carbonyl (C=O) groups excluding carboxylic acids is 1. The Hall–Kier alpha value is -1.02. The molecule has 0 radical (unpaired) electrons. The second-order valence-electron chi connectivity index (χ2n) is 5.68. The van der Waals surface area contributed by atoms with E-state index in [1.165, 1.54) is 4.90 Å². The molecule has 0 spiro atoms. The maximum atomic E-state index is 11.7. The van der Waals surface area contributed by atoms with Gasteiger partial charge in [-0.05, 0) is 18.2 Å². The fourth-order valence-corrected chi connectivity index (χ4v) is 1.60. The number of quaternary nitrogens is 1. The van der Waals surface area contributed by atoms with Crippen LogP contribution < -0.4 is 33.5 Å². The summed E-state index contributed by atoms with van der Waals surface area (Å²) in [5.41, 5.74) is 0.946. The first-order valence-corrected chi connectivity index (χ1v) is 6.09. The highest BCUT2D eigenvalue weighted by atomic mass is 127. The summed E-state index contributed by atoms with van der Waals surface area (Å²) < 4.78 is 11.3. The molecule has 0 saturated carbocycles. The second kappa shape index (κ2) is 7.68. The topological polar surface area (TPSA) is 38.8 Å². The summed E-state index contributed by atoms with van der Waals surface area (Å²) in [7, 11) is 11.2. The molecule has 114 valence electrons. The summed E-state index contributed by atoms with van der Waals surface area (Å²) in [5, 5.41) is 0. The maximum absolute atomic E-state index is 11.7. The number of nitrogens with zero attached hydrogens (tertiary/aromatic N) is 2. The lowest BCUT2D eigenvalue weighted by Gasteiger charge is -2.25. The fourth-order valence-electron chi connectivity index (χ4n) is 1.60. The number of hydrogen-bond donors (Lipinski definition) is 0. The van der Waals surface area contributed by atoms with Crippen LogP contribution in [-0.2, 0) is 6.54 Å². The largest absolute Gasteiger partial charge is 1.00 e. The molecule has 0 fully saturated rings. The Morgan fingerprint density at radius 2 is 1.85 bits per heavy atom. The Labute approximate surface area is 138 Å². The SMILES string of the molecule is COc1ccc(OC(=O)N(C)C)c(C[N+](C)(C)C)c1.[I-]. The van der Waals surface area contributed by atoms with Crippen molar-refractivity contribution in [2.24, 2.45) is 0 Å². The van der Waals surface area contributed by atoms with Crippen LogP contribution in [0.15, 0.2) is 18.2 Å². The van der Waals surface area contributed by atoms with Gasteiger partial charge < -0.3 is 42.8 Å². The van der Waals surface area contributed by atoms with Gasteiger partial charge in [0.05, 0.1) is 33.8 Å². The Bertz CT molecular complexity index is 456. The van der Waals surface area contributed by atoms with Crippen LogP contribution in [0.1, 0.15) is 5.56 Å². The van der Waals surface area contributed by atoms with Crippen molar-refractivity contribution in [2.45, 2.75) is 6.54 Å². The highest BCUT2D eigenvalue weighted by Gasteiger charge is 2.17. The van der Waals surface area contributed by atoms with Gasteiger partial charge in [-0.2, -0.15) is 0 Å². The molecule has 0 aromatic heterocycles. The predicted octanol–water partition coefficient (Wildman–Crippen LogP) is -1.03. The van der Waals surface area contributed by atoms with Gasteiger partial charge in [-0.3, -0.25) is 0 Å². The molecule has 5 nitrogen and oxygen atoms in total. The first-order chi connectivity index (χ1) is 8.73. The van der Waals surface area contributed by atoms with Crippen molar-refractivity contribution in [3.8, 4) is 11.5 Å². The van der Waals surface area contributed by atoms with Crippen molar-refractivity contribution in [2.75, 3.05) is 42.3 Å². The van der Waals surface area contributed by atoms with Gasteiger partial charge in [0.25, 0.3) is 0 Å². The summed E-state index contributed by atoms with van der Waals surface area (Å²) in [6.07, 6.45) is -0.382. The molecule has 0 bridgehead atoms. The minimum Gasteiger partial charge on any atom is -1.00 e. The Kier molecular flexibility index (Phi) is 7.29. The number of methoxy groups -OCH3 is 1. The van der Waals surface area contributed by atoms with Crippen LogP contribution in [0.2, 0.25) is 0 Å². The Balaban J connectivity index is 0.00000361. The molecule has 0 heterocycles. The molecule has 0 atom stereocenters. The zero-order valence-corrected chi connectivity index (χ0v) is 15.1. The molecule has 1 aromatic rings. The molecular formula is C14H23IN2O3. The third-order valence-electron chi connectivity index (χ3n) is 2.47. The lowest BCUT2D eigenvalue weighted by atomic mass is 10.1. The van der Waals surface area contributed by atoms with Crippen LogP contribution in [0.4, 0.5) is 4.79 Å². The number of ether oxygens (including phenoxy) is 2. The zero-order chi connectivity index (χ0) is 14.6. The van der Waals surface area contributed by atoms with E-state index >= 15 is 0 Å². The standard InChI is InChI=1S/C14H23N2O3.HI/c1-15(2)14(17)19-13-8-7-12(18-6)9-11(13)10-16(3,4)5;/h7-9H,10H2,1-6H3;1H/q+1;/p-1. The van der Waals surface area contributed by atoms with Gasteiger partial charge in [-0.25, -0.2) is 4.79 Å². The number of hydrogen-bond acceptors (Lipinski definition) is 3. The third-order valence-corrected chi connectivity index (χ3v) is 2.47. The minimum atomic E-state index is -0.382. The smallest absolute Gasteiger partial charge is 0.414 e. The molecule has 1 rings (SSSR count). The van der Waals surface area contributed by atoms with Crippen LogP contribution in [0.5, 0.6) is 11.5 Å². The van der Waals surface area contributed by atoms with Gasteiger partial charge in [-0.15, -0.1) is 0 Å². The normalized spacial score (nSPS) is 10.5. The van der Waals surface area contributed by atoms with E-state index in [2.05, 4.69) is 21.1 Å². The Morgan fingerprint density at radius 1 is 1.25 bits per heavy atom. The molecule has 6 heteroatoms. The highest BCUT2D eigenvalue weighted by molar-refractivity contribution is 5.70. The van der Waals surface area contributed by atoms with Gasteiger partial charge in [-0.1, -0.05) is 0 Å². The number of carbonyl (C=O) groups is 1. The fraction of sp³-hybridized carbons (Fsp3) is 0.500. The average Bonchev–Trinajstić information content (AvgIpc) is 2.29. The maximum Gasteiger partial charge on any atom is 0.414 e. The first kappa shape index (κ1) is 19.0. The average molecular weight is 394 g/mol.